The van der Waals surface area contributed by atoms with Crippen molar-refractivity contribution in [1.82, 2.24) is 9.88 Å². The van der Waals surface area contributed by atoms with E-state index in [-0.39, 0.29) is 5.41 Å². The van der Waals surface area contributed by atoms with Gasteiger partial charge in [0.25, 0.3) is 0 Å². The van der Waals surface area contributed by atoms with E-state index in [0.29, 0.717) is 12.4 Å². The Morgan fingerprint density at radius 1 is 1.38 bits per heavy atom. The summed E-state index contributed by atoms with van der Waals surface area (Å²) in [5, 5.41) is 8.14. The summed E-state index contributed by atoms with van der Waals surface area (Å²) in [6.07, 6.45) is 1.80. The fourth-order valence-corrected chi connectivity index (χ4v) is 1.51. The van der Waals surface area contributed by atoms with Crippen molar-refractivity contribution in [2.45, 2.75) is 34.2 Å². The maximum atomic E-state index is 8.14. The number of aromatic nitrogens is 1. The monoisotopic (exact) mass is 219 g/mol. The number of hydrogen-bond acceptors (Lipinski definition) is 2. The Kier molecular flexibility index (Phi) is 4.05. The summed E-state index contributed by atoms with van der Waals surface area (Å²) in [7, 11) is 0. The van der Waals surface area contributed by atoms with Crippen molar-refractivity contribution in [3.05, 3.63) is 30.1 Å². The molecule has 1 rings (SSSR count). The van der Waals surface area contributed by atoms with Gasteiger partial charge >= 0.3 is 0 Å². The zero-order valence-corrected chi connectivity index (χ0v) is 10.6. The van der Waals surface area contributed by atoms with E-state index in [1.54, 1.807) is 6.20 Å². The maximum absolute atomic E-state index is 8.14. The normalized spacial score (nSPS) is 11.2. The molecule has 0 aliphatic carbocycles. The Hall–Kier alpha value is -1.38. The summed E-state index contributed by atoms with van der Waals surface area (Å²) in [4.78, 5) is 6.35. The third-order valence-corrected chi connectivity index (χ3v) is 2.49. The van der Waals surface area contributed by atoms with Crippen LogP contribution in [0.4, 0.5) is 0 Å². The van der Waals surface area contributed by atoms with Gasteiger partial charge in [-0.15, -0.1) is 0 Å². The van der Waals surface area contributed by atoms with Gasteiger partial charge < -0.3 is 4.90 Å². The van der Waals surface area contributed by atoms with Gasteiger partial charge in [-0.1, -0.05) is 26.8 Å². The average molecular weight is 219 g/mol. The predicted molar refractivity (Wildman–Crippen MR) is 67.5 cm³/mol. The van der Waals surface area contributed by atoms with Gasteiger partial charge in [-0.25, -0.2) is 0 Å². The lowest BCUT2D eigenvalue weighted by Crippen LogP contribution is -2.38. The van der Waals surface area contributed by atoms with Gasteiger partial charge in [-0.3, -0.25) is 10.4 Å². The smallest absolute Gasteiger partial charge is 0.102 e. The van der Waals surface area contributed by atoms with E-state index in [4.69, 9.17) is 5.41 Å². The van der Waals surface area contributed by atoms with Gasteiger partial charge in [0.1, 0.15) is 5.84 Å². The van der Waals surface area contributed by atoms with E-state index < -0.39 is 0 Å². The van der Waals surface area contributed by atoms with Gasteiger partial charge in [0.15, 0.2) is 0 Å². The summed E-state index contributed by atoms with van der Waals surface area (Å²) >= 11 is 0. The van der Waals surface area contributed by atoms with Gasteiger partial charge in [0.05, 0.1) is 12.2 Å². The molecule has 0 spiro atoms. The first-order valence-corrected chi connectivity index (χ1v) is 5.69. The molecule has 88 valence electrons. The van der Waals surface area contributed by atoms with Crippen LogP contribution in [0.2, 0.25) is 0 Å². The lowest BCUT2D eigenvalue weighted by atomic mass is 9.94. The number of amidine groups is 1. The van der Waals surface area contributed by atoms with Crippen molar-refractivity contribution in [1.29, 1.82) is 5.41 Å². The molecule has 1 N–H and O–H groups in total. The Labute approximate surface area is 98.0 Å². The second-order valence-corrected chi connectivity index (χ2v) is 4.93. The molecular formula is C13H21N3. The van der Waals surface area contributed by atoms with Crippen LogP contribution in [0.25, 0.3) is 0 Å². The van der Waals surface area contributed by atoms with Gasteiger partial charge in [0.2, 0.25) is 0 Å². The lowest BCUT2D eigenvalue weighted by molar-refractivity contribution is 0.371. The zero-order chi connectivity index (χ0) is 12.2. The number of rotatable bonds is 3. The SMILES string of the molecule is CCN(Cc1ccccn1)C(=N)C(C)(C)C. The first kappa shape index (κ1) is 12.7. The highest BCUT2D eigenvalue weighted by Gasteiger charge is 2.22. The molecule has 0 aliphatic rings. The minimum Gasteiger partial charge on any atom is -0.354 e. The summed E-state index contributed by atoms with van der Waals surface area (Å²) in [5.41, 5.74) is 0.906. The molecule has 0 atom stereocenters. The molecule has 0 amide bonds. The molecule has 3 nitrogen and oxygen atoms in total. The Morgan fingerprint density at radius 2 is 2.06 bits per heavy atom. The maximum Gasteiger partial charge on any atom is 0.102 e. The van der Waals surface area contributed by atoms with E-state index in [0.717, 1.165) is 12.2 Å². The van der Waals surface area contributed by atoms with E-state index in [9.17, 15) is 0 Å². The van der Waals surface area contributed by atoms with Gasteiger partial charge in [-0.05, 0) is 19.1 Å². The van der Waals surface area contributed by atoms with Crippen LogP contribution >= 0.6 is 0 Å². The largest absolute Gasteiger partial charge is 0.354 e. The molecule has 0 saturated heterocycles. The molecule has 16 heavy (non-hydrogen) atoms. The number of hydrogen-bond donors (Lipinski definition) is 1. The minimum absolute atomic E-state index is 0.106. The zero-order valence-electron chi connectivity index (χ0n) is 10.6. The van der Waals surface area contributed by atoms with Crippen LogP contribution < -0.4 is 0 Å². The minimum atomic E-state index is -0.106. The molecule has 1 heterocycles. The Morgan fingerprint density at radius 3 is 2.50 bits per heavy atom. The van der Waals surface area contributed by atoms with Crippen LogP contribution in [0, 0.1) is 10.8 Å². The lowest BCUT2D eigenvalue weighted by Gasteiger charge is -2.31. The first-order valence-electron chi connectivity index (χ1n) is 5.69. The van der Waals surface area contributed by atoms with E-state index >= 15 is 0 Å². The van der Waals surface area contributed by atoms with Crippen molar-refractivity contribution in [2.24, 2.45) is 5.41 Å². The van der Waals surface area contributed by atoms with E-state index in [1.165, 1.54) is 0 Å². The molecule has 0 radical (unpaired) electrons. The summed E-state index contributed by atoms with van der Waals surface area (Å²) in [5.74, 6) is 0.667. The molecule has 0 aromatic carbocycles. The molecular weight excluding hydrogens is 198 g/mol. The van der Waals surface area contributed by atoms with Crippen LogP contribution in [0.5, 0.6) is 0 Å². The van der Waals surface area contributed by atoms with Crippen LogP contribution in [-0.4, -0.2) is 22.3 Å². The number of nitrogens with one attached hydrogen (secondary N) is 1. The van der Waals surface area contributed by atoms with Gasteiger partial charge in [0, 0.05) is 18.2 Å². The van der Waals surface area contributed by atoms with Crippen LogP contribution in [0.15, 0.2) is 24.4 Å². The van der Waals surface area contributed by atoms with Crippen LogP contribution in [0.1, 0.15) is 33.4 Å². The first-order chi connectivity index (χ1) is 7.45. The van der Waals surface area contributed by atoms with Crippen molar-refractivity contribution < 1.29 is 0 Å². The summed E-state index contributed by atoms with van der Waals surface area (Å²) in [6, 6.07) is 5.89. The molecule has 0 fully saturated rings. The van der Waals surface area contributed by atoms with Crippen LogP contribution in [-0.2, 0) is 6.54 Å². The molecule has 1 aromatic rings. The second-order valence-electron chi connectivity index (χ2n) is 4.93. The highest BCUT2D eigenvalue weighted by Crippen LogP contribution is 2.18. The highest BCUT2D eigenvalue weighted by atomic mass is 15.2. The van der Waals surface area contributed by atoms with Crippen molar-refractivity contribution in [3.8, 4) is 0 Å². The number of nitrogens with zero attached hydrogens (tertiary/aromatic N) is 2. The molecule has 1 aromatic heterocycles. The average Bonchev–Trinajstić information content (AvgIpc) is 2.25. The van der Waals surface area contributed by atoms with Gasteiger partial charge in [-0.2, -0.15) is 0 Å². The third kappa shape index (κ3) is 3.33. The fraction of sp³-hybridized carbons (Fsp3) is 0.538. The summed E-state index contributed by atoms with van der Waals surface area (Å²) < 4.78 is 0. The molecule has 0 unspecified atom stereocenters. The fourth-order valence-electron chi connectivity index (χ4n) is 1.51. The third-order valence-electron chi connectivity index (χ3n) is 2.49. The van der Waals surface area contributed by atoms with Crippen molar-refractivity contribution >= 4 is 5.84 Å². The summed E-state index contributed by atoms with van der Waals surface area (Å²) in [6.45, 7) is 9.83. The topological polar surface area (TPSA) is 40.0 Å². The quantitative estimate of drug-likeness (QED) is 0.627. The second kappa shape index (κ2) is 5.10. The van der Waals surface area contributed by atoms with Crippen LogP contribution in [0.3, 0.4) is 0 Å². The molecule has 0 aliphatic heterocycles. The molecule has 0 bridgehead atoms. The standard InChI is InChI=1S/C13H21N3/c1-5-16(12(14)13(2,3)4)10-11-8-6-7-9-15-11/h6-9,14H,5,10H2,1-4H3. The predicted octanol–water partition coefficient (Wildman–Crippen LogP) is 2.93. The van der Waals surface area contributed by atoms with Crippen molar-refractivity contribution in [2.75, 3.05) is 6.54 Å². The van der Waals surface area contributed by atoms with E-state index in [1.807, 2.05) is 18.2 Å². The van der Waals surface area contributed by atoms with Crippen molar-refractivity contribution in [3.63, 3.8) is 0 Å². The Balaban J connectivity index is 2.74. The molecule has 0 saturated carbocycles. The Bertz CT molecular complexity index is 338. The highest BCUT2D eigenvalue weighted by molar-refractivity contribution is 5.84. The molecule has 3 heteroatoms. The van der Waals surface area contributed by atoms with E-state index in [2.05, 4.69) is 37.6 Å². The number of pyridine rings is 1.